The van der Waals surface area contributed by atoms with Crippen LogP contribution in [0, 0.1) is 23.2 Å². The molecule has 0 bridgehead atoms. The van der Waals surface area contributed by atoms with Crippen molar-refractivity contribution in [3.63, 3.8) is 0 Å². The van der Waals surface area contributed by atoms with Gasteiger partial charge in [-0.25, -0.2) is 0 Å². The van der Waals surface area contributed by atoms with Crippen LogP contribution in [0.1, 0.15) is 98.3 Å². The normalized spacial score (nSPS) is 34.1. The Morgan fingerprint density at radius 3 is 2.76 bits per heavy atom. The highest BCUT2D eigenvalue weighted by Gasteiger charge is 2.50. The van der Waals surface area contributed by atoms with Crippen LogP contribution in [0.3, 0.4) is 0 Å². The largest absolute Gasteiger partial charge is 0.390 e. The summed E-state index contributed by atoms with van der Waals surface area (Å²) in [6, 6.07) is 0. The summed E-state index contributed by atoms with van der Waals surface area (Å²) in [7, 11) is 0. The summed E-state index contributed by atoms with van der Waals surface area (Å²) in [6.07, 6.45) is 17.9. The summed E-state index contributed by atoms with van der Waals surface area (Å²) in [5.41, 5.74) is 4.71. The Labute approximate surface area is 211 Å². The van der Waals surface area contributed by atoms with Gasteiger partial charge in [-0.2, -0.15) is 0 Å². The van der Waals surface area contributed by atoms with Gasteiger partial charge in [0.2, 0.25) is 0 Å². The fourth-order valence-corrected chi connectivity index (χ4v) is 7.10. The zero-order chi connectivity index (χ0) is 24.1. The van der Waals surface area contributed by atoms with E-state index in [9.17, 15) is 5.11 Å². The molecule has 33 heavy (non-hydrogen) atoms. The van der Waals surface area contributed by atoms with E-state index in [2.05, 4.69) is 48.5 Å². The van der Waals surface area contributed by atoms with Gasteiger partial charge >= 0.3 is 0 Å². The highest BCUT2D eigenvalue weighted by Crippen LogP contribution is 2.60. The third-order valence-electron chi connectivity index (χ3n) is 8.81. The van der Waals surface area contributed by atoms with E-state index in [1.807, 2.05) is 13.8 Å². The van der Waals surface area contributed by atoms with Crippen LogP contribution in [-0.4, -0.2) is 29.1 Å². The van der Waals surface area contributed by atoms with Crippen molar-refractivity contribution in [2.24, 2.45) is 23.2 Å². The van der Waals surface area contributed by atoms with Crippen LogP contribution in [-0.2, 0) is 9.47 Å². The summed E-state index contributed by atoms with van der Waals surface area (Å²) in [4.78, 5) is 0. The minimum atomic E-state index is -0.538. The predicted molar refractivity (Wildman–Crippen MR) is 141 cm³/mol. The van der Waals surface area contributed by atoms with Gasteiger partial charge in [-0.05, 0) is 100 Å². The van der Waals surface area contributed by atoms with Crippen LogP contribution in [0.15, 0.2) is 35.5 Å². The smallest absolute Gasteiger partial charge is 0.148 e. The summed E-state index contributed by atoms with van der Waals surface area (Å²) in [6.45, 7) is 13.6. The number of hydrogen-bond acceptors (Lipinski definition) is 3. The first-order valence-corrected chi connectivity index (χ1v) is 14.3. The van der Waals surface area contributed by atoms with Crippen LogP contribution in [0.2, 0.25) is 0 Å². The highest BCUT2D eigenvalue weighted by atomic mass is 79.9. The van der Waals surface area contributed by atoms with Crippen molar-refractivity contribution < 1.29 is 14.6 Å². The molecule has 2 unspecified atom stereocenters. The topological polar surface area (TPSA) is 38.7 Å². The van der Waals surface area contributed by atoms with Gasteiger partial charge in [0.05, 0.1) is 11.7 Å². The first-order chi connectivity index (χ1) is 15.6. The molecule has 3 fully saturated rings. The van der Waals surface area contributed by atoms with E-state index in [0.717, 1.165) is 49.9 Å². The van der Waals surface area contributed by atoms with Gasteiger partial charge in [0.25, 0.3) is 0 Å². The molecule has 0 amide bonds. The number of alkyl halides is 1. The fraction of sp³-hybridized carbons (Fsp3) is 0.793. The molecule has 0 radical (unpaired) electrons. The van der Waals surface area contributed by atoms with E-state index in [4.69, 9.17) is 9.47 Å². The van der Waals surface area contributed by atoms with Crippen LogP contribution in [0.5, 0.6) is 0 Å². The molecule has 0 aromatic carbocycles. The van der Waals surface area contributed by atoms with Gasteiger partial charge in [0.15, 0.2) is 0 Å². The second-order valence-electron chi connectivity index (χ2n) is 11.8. The molecule has 0 aromatic rings. The Morgan fingerprint density at radius 1 is 1.24 bits per heavy atom. The second kappa shape index (κ2) is 12.0. The number of halogens is 1. The Morgan fingerprint density at radius 2 is 2.03 bits per heavy atom. The van der Waals surface area contributed by atoms with Gasteiger partial charge in [-0.3, -0.25) is 0 Å². The lowest BCUT2D eigenvalue weighted by Gasteiger charge is -2.44. The molecule has 188 valence electrons. The number of rotatable bonds is 10. The van der Waals surface area contributed by atoms with Crippen molar-refractivity contribution >= 4 is 15.9 Å². The van der Waals surface area contributed by atoms with Gasteiger partial charge in [0.1, 0.15) is 12.3 Å². The van der Waals surface area contributed by atoms with E-state index in [1.165, 1.54) is 49.7 Å². The number of allylic oxidation sites excluding steroid dienone is 4. The van der Waals surface area contributed by atoms with Crippen molar-refractivity contribution in [1.29, 1.82) is 0 Å². The SMILES string of the molecule is C=C1CC[C@H](OCOCBr)C/C1=C/C=C1\CCCC2(C)C1CC[C@@H]2[C@@H](C)CCCC(C)(C)O. The fourth-order valence-electron chi connectivity index (χ4n) is 6.97. The van der Waals surface area contributed by atoms with Gasteiger partial charge in [0, 0.05) is 0 Å². The van der Waals surface area contributed by atoms with Gasteiger partial charge in [-0.1, -0.05) is 72.5 Å². The number of aliphatic hydroxyl groups is 1. The quantitative estimate of drug-likeness (QED) is 0.179. The molecular formula is C29H47BrO3. The minimum Gasteiger partial charge on any atom is -0.390 e. The summed E-state index contributed by atoms with van der Waals surface area (Å²) >= 11 is 3.28. The number of hydrogen-bond donors (Lipinski definition) is 1. The van der Waals surface area contributed by atoms with Crippen molar-refractivity contribution in [3.8, 4) is 0 Å². The molecule has 3 aliphatic rings. The third-order valence-corrected chi connectivity index (χ3v) is 9.13. The average molecular weight is 524 g/mol. The zero-order valence-corrected chi connectivity index (χ0v) is 23.1. The minimum absolute atomic E-state index is 0.233. The maximum absolute atomic E-state index is 10.1. The van der Waals surface area contributed by atoms with Crippen LogP contribution in [0.25, 0.3) is 0 Å². The standard InChI is InChI=1S/C29H47BrO3/c1-21-10-13-25(33-20-32-19-30)18-24(21)12-11-23-9-7-17-29(5)26(14-15-27(23)29)22(2)8-6-16-28(3,4)31/h11-12,22,25-27,31H,1,6-10,13-20H2,2-5H3/b23-11+,24-12-/t22-,25-,26+,27?,29?/m0/s1. The first kappa shape index (κ1) is 27.2. The molecular weight excluding hydrogens is 476 g/mol. The Balaban J connectivity index is 1.64. The average Bonchev–Trinajstić information content (AvgIpc) is 3.10. The van der Waals surface area contributed by atoms with Crippen molar-refractivity contribution in [2.45, 2.75) is 110 Å². The molecule has 3 nitrogen and oxygen atoms in total. The molecule has 0 saturated heterocycles. The Bertz CT molecular complexity index is 719. The number of ether oxygens (including phenoxy) is 2. The summed E-state index contributed by atoms with van der Waals surface area (Å²) in [5.74, 6) is 2.26. The summed E-state index contributed by atoms with van der Waals surface area (Å²) < 4.78 is 11.2. The van der Waals surface area contributed by atoms with Crippen LogP contribution in [0.4, 0.5) is 0 Å². The van der Waals surface area contributed by atoms with Gasteiger partial charge < -0.3 is 14.6 Å². The zero-order valence-electron chi connectivity index (χ0n) is 21.5. The lowest BCUT2D eigenvalue weighted by atomic mass is 9.60. The monoisotopic (exact) mass is 522 g/mol. The third kappa shape index (κ3) is 7.29. The van der Waals surface area contributed by atoms with E-state index >= 15 is 0 Å². The molecule has 0 heterocycles. The maximum atomic E-state index is 10.1. The molecule has 0 aliphatic heterocycles. The molecule has 3 aliphatic carbocycles. The van der Waals surface area contributed by atoms with Crippen molar-refractivity contribution in [3.05, 3.63) is 35.5 Å². The lowest BCUT2D eigenvalue weighted by Crippen LogP contribution is -2.36. The first-order valence-electron chi connectivity index (χ1n) is 13.2. The van der Waals surface area contributed by atoms with E-state index in [1.54, 1.807) is 5.57 Å². The second-order valence-corrected chi connectivity index (χ2v) is 12.2. The molecule has 5 atom stereocenters. The summed E-state index contributed by atoms with van der Waals surface area (Å²) in [5, 5.41) is 10.1. The maximum Gasteiger partial charge on any atom is 0.148 e. The predicted octanol–water partition coefficient (Wildman–Crippen LogP) is 8.08. The number of fused-ring (bicyclic) bond motifs is 1. The van der Waals surface area contributed by atoms with Crippen LogP contribution >= 0.6 is 15.9 Å². The Kier molecular flexibility index (Phi) is 9.89. The van der Waals surface area contributed by atoms with Crippen molar-refractivity contribution in [2.75, 3.05) is 12.3 Å². The Hall–Kier alpha value is -0.420. The molecule has 3 rings (SSSR count). The van der Waals surface area contributed by atoms with E-state index in [0.29, 0.717) is 17.7 Å². The van der Waals surface area contributed by atoms with Gasteiger partial charge in [-0.15, -0.1) is 0 Å². The van der Waals surface area contributed by atoms with Crippen molar-refractivity contribution in [1.82, 2.24) is 0 Å². The molecule has 1 N–H and O–H groups in total. The molecule has 3 saturated carbocycles. The molecule has 0 aromatic heterocycles. The van der Waals surface area contributed by atoms with Crippen LogP contribution < -0.4 is 0 Å². The highest BCUT2D eigenvalue weighted by molar-refractivity contribution is 9.09. The van der Waals surface area contributed by atoms with E-state index < -0.39 is 5.60 Å². The lowest BCUT2D eigenvalue weighted by molar-refractivity contribution is -0.0785. The molecule has 0 spiro atoms. The van der Waals surface area contributed by atoms with E-state index in [-0.39, 0.29) is 6.10 Å². The molecule has 4 heteroatoms.